The van der Waals surface area contributed by atoms with Crippen LogP contribution in [0.15, 0.2) is 30.3 Å². The van der Waals surface area contributed by atoms with E-state index in [0.29, 0.717) is 0 Å². The molecule has 108 valence electrons. The maximum atomic E-state index is 6.13. The Bertz CT molecular complexity index is 581. The first-order chi connectivity index (χ1) is 9.45. The summed E-state index contributed by atoms with van der Waals surface area (Å²) in [6.45, 7) is 2.82. The van der Waals surface area contributed by atoms with E-state index in [1.165, 1.54) is 10.4 Å². The zero-order valence-corrected chi connectivity index (χ0v) is 13.9. The fourth-order valence-electron chi connectivity index (χ4n) is 2.17. The van der Waals surface area contributed by atoms with E-state index in [2.05, 4.69) is 24.1 Å². The van der Waals surface area contributed by atoms with Crippen molar-refractivity contribution in [1.29, 1.82) is 0 Å². The summed E-state index contributed by atoms with van der Waals surface area (Å²) in [6.07, 6.45) is 0.835. The van der Waals surface area contributed by atoms with Crippen molar-refractivity contribution in [3.8, 4) is 0 Å². The predicted octanol–water partition coefficient (Wildman–Crippen LogP) is 4.58. The van der Waals surface area contributed by atoms with E-state index in [9.17, 15) is 0 Å². The first-order valence-electron chi connectivity index (χ1n) is 6.45. The first kappa shape index (κ1) is 15.6. The lowest BCUT2D eigenvalue weighted by molar-refractivity contribution is 0.734. The monoisotopic (exact) mass is 328 g/mol. The van der Waals surface area contributed by atoms with Gasteiger partial charge in [-0.05, 0) is 43.2 Å². The van der Waals surface area contributed by atoms with Crippen LogP contribution >= 0.6 is 34.5 Å². The van der Waals surface area contributed by atoms with Crippen molar-refractivity contribution in [2.24, 2.45) is 5.73 Å². The van der Waals surface area contributed by atoms with Crippen molar-refractivity contribution >= 4 is 40.2 Å². The smallest absolute Gasteiger partial charge is 0.0931 e. The maximum absolute atomic E-state index is 6.13. The largest absolute Gasteiger partial charge is 0.369 e. The minimum Gasteiger partial charge on any atom is -0.369 e. The number of benzene rings is 1. The lowest BCUT2D eigenvalue weighted by atomic mass is 10.0. The van der Waals surface area contributed by atoms with Crippen LogP contribution in [0.3, 0.4) is 0 Å². The van der Waals surface area contributed by atoms with Gasteiger partial charge in [-0.3, -0.25) is 0 Å². The number of anilines is 1. The van der Waals surface area contributed by atoms with Crippen LogP contribution in [0.25, 0.3) is 0 Å². The van der Waals surface area contributed by atoms with Crippen LogP contribution in [0.5, 0.6) is 0 Å². The lowest BCUT2D eigenvalue weighted by Gasteiger charge is -2.23. The van der Waals surface area contributed by atoms with Gasteiger partial charge in [-0.2, -0.15) is 0 Å². The van der Waals surface area contributed by atoms with Gasteiger partial charge in [0.1, 0.15) is 0 Å². The Labute approximate surface area is 134 Å². The molecule has 1 aromatic carbocycles. The Morgan fingerprint density at radius 2 is 2.00 bits per heavy atom. The van der Waals surface area contributed by atoms with Gasteiger partial charge >= 0.3 is 0 Å². The van der Waals surface area contributed by atoms with Crippen molar-refractivity contribution < 1.29 is 0 Å². The third kappa shape index (κ3) is 4.13. The summed E-state index contributed by atoms with van der Waals surface area (Å²) in [5.41, 5.74) is 8.26. The summed E-state index contributed by atoms with van der Waals surface area (Å²) < 4.78 is 0.815. The molecule has 2 N–H and O–H groups in total. The molecule has 20 heavy (non-hydrogen) atoms. The fraction of sp³-hybridized carbons (Fsp3) is 0.333. The van der Waals surface area contributed by atoms with Crippen LogP contribution in [0.1, 0.15) is 17.4 Å². The normalized spacial score (nSPS) is 12.4. The average molecular weight is 329 g/mol. The molecule has 0 saturated heterocycles. The van der Waals surface area contributed by atoms with Gasteiger partial charge in [0.15, 0.2) is 0 Å². The summed E-state index contributed by atoms with van der Waals surface area (Å²) in [5.74, 6) is 0. The summed E-state index contributed by atoms with van der Waals surface area (Å²) in [7, 11) is 2.06. The molecule has 0 aliphatic carbocycles. The zero-order chi connectivity index (χ0) is 14.7. The molecule has 1 aromatic heterocycles. The van der Waals surface area contributed by atoms with Crippen molar-refractivity contribution in [3.05, 3.63) is 50.1 Å². The summed E-state index contributed by atoms with van der Waals surface area (Å²) in [6, 6.07) is 10.1. The van der Waals surface area contributed by atoms with Gasteiger partial charge in [-0.25, -0.2) is 0 Å². The van der Waals surface area contributed by atoms with Gasteiger partial charge in [0.25, 0.3) is 0 Å². The molecule has 1 atom stereocenters. The van der Waals surface area contributed by atoms with E-state index < -0.39 is 0 Å². The molecule has 0 bridgehead atoms. The molecule has 1 heterocycles. The quantitative estimate of drug-likeness (QED) is 0.870. The summed E-state index contributed by atoms with van der Waals surface area (Å²) >= 11 is 13.7. The van der Waals surface area contributed by atoms with E-state index in [-0.39, 0.29) is 6.04 Å². The standard InChI is InChI=1S/C15H18Cl2N2S/c1-10(18)7-11-3-4-12(16)8-14(11)19(2)9-13-5-6-15(17)20-13/h3-6,8,10H,7,9,18H2,1-2H3. The predicted molar refractivity (Wildman–Crippen MR) is 90.2 cm³/mol. The van der Waals surface area contributed by atoms with Gasteiger partial charge in [0, 0.05) is 28.7 Å². The number of halogens is 2. The molecule has 0 saturated carbocycles. The van der Waals surface area contributed by atoms with E-state index >= 15 is 0 Å². The molecule has 0 spiro atoms. The Morgan fingerprint density at radius 1 is 1.25 bits per heavy atom. The van der Waals surface area contributed by atoms with E-state index in [4.69, 9.17) is 28.9 Å². The molecule has 0 amide bonds. The van der Waals surface area contributed by atoms with Gasteiger partial charge < -0.3 is 10.6 Å². The average Bonchev–Trinajstić information content (AvgIpc) is 2.76. The second-order valence-electron chi connectivity index (χ2n) is 5.02. The molecular weight excluding hydrogens is 311 g/mol. The molecule has 0 aliphatic rings. The van der Waals surface area contributed by atoms with Crippen LogP contribution in [0.4, 0.5) is 5.69 Å². The number of thiophene rings is 1. The third-order valence-electron chi connectivity index (χ3n) is 3.02. The highest BCUT2D eigenvalue weighted by atomic mass is 35.5. The van der Waals surface area contributed by atoms with Crippen molar-refractivity contribution in [2.75, 3.05) is 11.9 Å². The second-order valence-corrected chi connectivity index (χ2v) is 7.25. The van der Waals surface area contributed by atoms with Crippen LogP contribution in [-0.4, -0.2) is 13.1 Å². The third-order valence-corrected chi connectivity index (χ3v) is 4.47. The van der Waals surface area contributed by atoms with Crippen molar-refractivity contribution in [1.82, 2.24) is 0 Å². The van der Waals surface area contributed by atoms with Gasteiger partial charge in [-0.15, -0.1) is 11.3 Å². The molecule has 5 heteroatoms. The highest BCUT2D eigenvalue weighted by Gasteiger charge is 2.11. The Balaban J connectivity index is 2.23. The highest BCUT2D eigenvalue weighted by molar-refractivity contribution is 7.16. The lowest BCUT2D eigenvalue weighted by Crippen LogP contribution is -2.22. The molecule has 0 fully saturated rings. The molecule has 2 rings (SSSR count). The number of hydrogen-bond donors (Lipinski definition) is 1. The van der Waals surface area contributed by atoms with Gasteiger partial charge in [0.05, 0.1) is 10.9 Å². The topological polar surface area (TPSA) is 29.3 Å². The summed E-state index contributed by atoms with van der Waals surface area (Å²) in [4.78, 5) is 3.41. The van der Waals surface area contributed by atoms with Crippen molar-refractivity contribution in [3.63, 3.8) is 0 Å². The van der Waals surface area contributed by atoms with Crippen LogP contribution in [0.2, 0.25) is 9.36 Å². The number of hydrogen-bond acceptors (Lipinski definition) is 3. The van der Waals surface area contributed by atoms with E-state index in [1.54, 1.807) is 11.3 Å². The summed E-state index contributed by atoms with van der Waals surface area (Å²) in [5, 5.41) is 0.740. The minimum atomic E-state index is 0.125. The molecule has 0 radical (unpaired) electrons. The second kappa shape index (κ2) is 6.81. The van der Waals surface area contributed by atoms with Crippen LogP contribution < -0.4 is 10.6 Å². The Kier molecular flexibility index (Phi) is 5.33. The molecular formula is C15H18Cl2N2S. The highest BCUT2D eigenvalue weighted by Crippen LogP contribution is 2.28. The van der Waals surface area contributed by atoms with Crippen molar-refractivity contribution in [2.45, 2.75) is 25.9 Å². The van der Waals surface area contributed by atoms with Gasteiger partial charge in [-0.1, -0.05) is 29.3 Å². The first-order valence-corrected chi connectivity index (χ1v) is 8.02. The molecule has 1 unspecified atom stereocenters. The molecule has 2 nitrogen and oxygen atoms in total. The van der Waals surface area contributed by atoms with Gasteiger partial charge in [0.2, 0.25) is 0 Å². The van der Waals surface area contributed by atoms with E-state index in [0.717, 1.165) is 28.0 Å². The Morgan fingerprint density at radius 3 is 2.60 bits per heavy atom. The van der Waals surface area contributed by atoms with Crippen LogP contribution in [0, 0.1) is 0 Å². The number of nitrogens with two attached hydrogens (primary N) is 1. The maximum Gasteiger partial charge on any atom is 0.0931 e. The zero-order valence-electron chi connectivity index (χ0n) is 11.6. The minimum absolute atomic E-state index is 0.125. The molecule has 0 aliphatic heterocycles. The molecule has 2 aromatic rings. The van der Waals surface area contributed by atoms with E-state index in [1.807, 2.05) is 25.1 Å². The SMILES string of the molecule is CC(N)Cc1ccc(Cl)cc1N(C)Cc1ccc(Cl)s1. The Hall–Kier alpha value is -0.740. The fourth-order valence-corrected chi connectivity index (χ4v) is 3.47. The number of nitrogens with zero attached hydrogens (tertiary/aromatic N) is 1. The number of rotatable bonds is 5. The van der Waals surface area contributed by atoms with Crippen LogP contribution in [-0.2, 0) is 13.0 Å².